The Hall–Kier alpha value is -2.64. The fourth-order valence-corrected chi connectivity index (χ4v) is 3.35. The van der Waals surface area contributed by atoms with Crippen LogP contribution in [-0.4, -0.2) is 84.8 Å². The number of hydrogen-bond donors (Lipinski definition) is 0. The quantitative estimate of drug-likeness (QED) is 0.668. The van der Waals surface area contributed by atoms with Gasteiger partial charge in [-0.05, 0) is 12.1 Å². The van der Waals surface area contributed by atoms with Gasteiger partial charge in [0.25, 0.3) is 0 Å². The predicted octanol–water partition coefficient (Wildman–Crippen LogP) is 0.165. The first-order valence-electron chi connectivity index (χ1n) is 8.80. The summed E-state index contributed by atoms with van der Waals surface area (Å²) < 4.78 is 13.9. The van der Waals surface area contributed by atoms with Crippen LogP contribution in [0.25, 0.3) is 0 Å². The van der Waals surface area contributed by atoms with E-state index in [1.807, 2.05) is 4.90 Å². The minimum absolute atomic E-state index is 0.0207. The predicted molar refractivity (Wildman–Crippen MR) is 94.0 cm³/mol. The molecule has 2 fully saturated rings. The fourth-order valence-electron chi connectivity index (χ4n) is 3.35. The van der Waals surface area contributed by atoms with Gasteiger partial charge in [-0.3, -0.25) is 14.4 Å². The molecule has 2 aliphatic rings. The Kier molecular flexibility index (Phi) is 5.39. The number of hydrogen-bond acceptors (Lipinski definition) is 4. The Balaban J connectivity index is 1.53. The number of piperazine rings is 2. The maximum absolute atomic E-state index is 13.9. The van der Waals surface area contributed by atoms with E-state index in [9.17, 15) is 18.8 Å². The number of benzene rings is 1. The van der Waals surface area contributed by atoms with Crippen LogP contribution in [0.15, 0.2) is 24.3 Å². The smallest absolute Gasteiger partial charge is 0.312 e. The van der Waals surface area contributed by atoms with Crippen LogP contribution in [0, 0.1) is 5.82 Å². The minimum atomic E-state index is -0.521. The molecule has 1 aromatic rings. The zero-order valence-corrected chi connectivity index (χ0v) is 14.9. The van der Waals surface area contributed by atoms with E-state index < -0.39 is 11.8 Å². The highest BCUT2D eigenvalue weighted by molar-refractivity contribution is 6.35. The van der Waals surface area contributed by atoms with Crippen molar-refractivity contribution in [2.75, 3.05) is 57.3 Å². The van der Waals surface area contributed by atoms with Crippen LogP contribution in [-0.2, 0) is 14.4 Å². The van der Waals surface area contributed by atoms with Crippen LogP contribution in [0.2, 0.25) is 0 Å². The number of anilines is 1. The Labute approximate surface area is 151 Å². The Bertz CT molecular complexity index is 695. The van der Waals surface area contributed by atoms with Gasteiger partial charge in [-0.25, -0.2) is 4.39 Å². The number of halogens is 1. The van der Waals surface area contributed by atoms with E-state index in [2.05, 4.69) is 0 Å². The van der Waals surface area contributed by atoms with Crippen molar-refractivity contribution in [3.8, 4) is 0 Å². The van der Waals surface area contributed by atoms with Crippen LogP contribution < -0.4 is 4.90 Å². The van der Waals surface area contributed by atoms with Crippen LogP contribution in [0.1, 0.15) is 6.92 Å². The maximum atomic E-state index is 13.9. The van der Waals surface area contributed by atoms with Crippen molar-refractivity contribution >= 4 is 23.4 Å². The summed E-state index contributed by atoms with van der Waals surface area (Å²) in [6.45, 7) is 4.88. The number of amides is 3. The molecule has 0 aromatic heterocycles. The largest absolute Gasteiger partial charge is 0.366 e. The Morgan fingerprint density at radius 1 is 0.769 bits per heavy atom. The second-order valence-corrected chi connectivity index (χ2v) is 6.53. The third kappa shape index (κ3) is 3.79. The molecule has 0 spiro atoms. The fraction of sp³-hybridized carbons (Fsp3) is 0.500. The van der Waals surface area contributed by atoms with Crippen molar-refractivity contribution in [2.24, 2.45) is 0 Å². The molecule has 1 aromatic carbocycles. The van der Waals surface area contributed by atoms with Gasteiger partial charge in [0, 0.05) is 59.3 Å². The first-order chi connectivity index (χ1) is 12.5. The third-order valence-corrected chi connectivity index (χ3v) is 4.96. The van der Waals surface area contributed by atoms with Crippen molar-refractivity contribution in [1.29, 1.82) is 0 Å². The monoisotopic (exact) mass is 362 g/mol. The lowest BCUT2D eigenvalue weighted by atomic mass is 10.2. The summed E-state index contributed by atoms with van der Waals surface area (Å²) in [4.78, 5) is 42.8. The summed E-state index contributed by atoms with van der Waals surface area (Å²) in [5.74, 6) is -1.35. The van der Waals surface area contributed by atoms with Gasteiger partial charge in [-0.1, -0.05) is 12.1 Å². The Morgan fingerprint density at radius 2 is 1.23 bits per heavy atom. The lowest BCUT2D eigenvalue weighted by molar-refractivity contribution is -0.153. The van der Waals surface area contributed by atoms with E-state index in [1.54, 1.807) is 23.1 Å². The van der Waals surface area contributed by atoms with Gasteiger partial charge in [0.2, 0.25) is 5.91 Å². The molecule has 0 unspecified atom stereocenters. The SMILES string of the molecule is CC(=O)N1CCN(C(=O)C(=O)N2CCN(c3ccccc3F)CC2)CC1. The topological polar surface area (TPSA) is 64.2 Å². The summed E-state index contributed by atoms with van der Waals surface area (Å²) in [5, 5.41) is 0. The van der Waals surface area contributed by atoms with Crippen molar-refractivity contribution in [3.63, 3.8) is 0 Å². The van der Waals surface area contributed by atoms with Gasteiger partial charge < -0.3 is 19.6 Å². The summed E-state index contributed by atoms with van der Waals surface area (Å²) >= 11 is 0. The van der Waals surface area contributed by atoms with Crippen LogP contribution in [0.5, 0.6) is 0 Å². The number of nitrogens with zero attached hydrogens (tertiary/aromatic N) is 4. The second-order valence-electron chi connectivity index (χ2n) is 6.53. The molecule has 0 atom stereocenters. The summed E-state index contributed by atoms with van der Waals surface area (Å²) in [6.07, 6.45) is 0. The van der Waals surface area contributed by atoms with Crippen molar-refractivity contribution in [1.82, 2.24) is 14.7 Å². The molecule has 2 heterocycles. The van der Waals surface area contributed by atoms with Gasteiger partial charge in [-0.2, -0.15) is 0 Å². The Morgan fingerprint density at radius 3 is 1.73 bits per heavy atom. The molecule has 0 N–H and O–H groups in total. The van der Waals surface area contributed by atoms with Crippen molar-refractivity contribution in [3.05, 3.63) is 30.1 Å². The van der Waals surface area contributed by atoms with Gasteiger partial charge in [-0.15, -0.1) is 0 Å². The number of rotatable bonds is 1. The molecule has 0 aliphatic carbocycles. The summed E-state index contributed by atoms with van der Waals surface area (Å²) in [7, 11) is 0. The van der Waals surface area contributed by atoms with E-state index in [0.717, 1.165) is 0 Å². The molecule has 3 rings (SSSR count). The molecular formula is C18H23FN4O3. The minimum Gasteiger partial charge on any atom is -0.366 e. The zero-order chi connectivity index (χ0) is 18.7. The molecule has 26 heavy (non-hydrogen) atoms. The summed E-state index contributed by atoms with van der Waals surface area (Å²) in [6, 6.07) is 6.55. The normalized spacial score (nSPS) is 18.1. The molecule has 0 saturated carbocycles. The highest BCUT2D eigenvalue weighted by atomic mass is 19.1. The van der Waals surface area contributed by atoms with Gasteiger partial charge in [0.05, 0.1) is 5.69 Å². The van der Waals surface area contributed by atoms with E-state index >= 15 is 0 Å². The molecule has 140 valence electrons. The highest BCUT2D eigenvalue weighted by Gasteiger charge is 2.32. The first-order valence-corrected chi connectivity index (χ1v) is 8.80. The number of carbonyl (C=O) groups excluding carboxylic acids is 3. The molecule has 7 nitrogen and oxygen atoms in total. The van der Waals surface area contributed by atoms with E-state index in [-0.39, 0.29) is 11.7 Å². The first kappa shape index (κ1) is 18.2. The van der Waals surface area contributed by atoms with E-state index in [1.165, 1.54) is 22.8 Å². The zero-order valence-electron chi connectivity index (χ0n) is 14.9. The average molecular weight is 362 g/mol. The molecule has 3 amide bonds. The van der Waals surface area contributed by atoms with Gasteiger partial charge in [0.15, 0.2) is 0 Å². The van der Waals surface area contributed by atoms with Gasteiger partial charge >= 0.3 is 11.8 Å². The molecular weight excluding hydrogens is 339 g/mol. The average Bonchev–Trinajstić information content (AvgIpc) is 2.67. The van der Waals surface area contributed by atoms with E-state index in [0.29, 0.717) is 58.0 Å². The van der Waals surface area contributed by atoms with Crippen LogP contribution >= 0.6 is 0 Å². The number of para-hydroxylation sites is 1. The highest BCUT2D eigenvalue weighted by Crippen LogP contribution is 2.20. The number of carbonyl (C=O) groups is 3. The summed E-state index contributed by atoms with van der Waals surface area (Å²) in [5.41, 5.74) is 0.520. The molecule has 0 bridgehead atoms. The molecule has 8 heteroatoms. The van der Waals surface area contributed by atoms with Crippen molar-refractivity contribution in [2.45, 2.75) is 6.92 Å². The van der Waals surface area contributed by atoms with E-state index in [4.69, 9.17) is 0 Å². The molecule has 2 saturated heterocycles. The maximum Gasteiger partial charge on any atom is 0.312 e. The lowest BCUT2D eigenvalue weighted by Crippen LogP contribution is -2.57. The second kappa shape index (κ2) is 7.72. The molecule has 0 radical (unpaired) electrons. The molecule has 2 aliphatic heterocycles. The van der Waals surface area contributed by atoms with Crippen LogP contribution in [0.3, 0.4) is 0 Å². The van der Waals surface area contributed by atoms with Crippen molar-refractivity contribution < 1.29 is 18.8 Å². The standard InChI is InChI=1S/C18H23FN4O3/c1-14(24)20-6-10-22(11-7-20)17(25)18(26)23-12-8-21(9-13-23)16-5-3-2-4-15(16)19/h2-5H,6-13H2,1H3. The van der Waals surface area contributed by atoms with Crippen LogP contribution in [0.4, 0.5) is 10.1 Å². The third-order valence-electron chi connectivity index (χ3n) is 4.96. The lowest BCUT2D eigenvalue weighted by Gasteiger charge is -2.38. The van der Waals surface area contributed by atoms with Gasteiger partial charge in [0.1, 0.15) is 5.82 Å².